The molecule has 0 aliphatic heterocycles. The summed E-state index contributed by atoms with van der Waals surface area (Å²) in [6, 6.07) is 0. The van der Waals surface area contributed by atoms with Gasteiger partial charge in [0.25, 0.3) is 0 Å². The van der Waals surface area contributed by atoms with Gasteiger partial charge >= 0.3 is 0 Å². The Balaban J connectivity index is 0. The molecule has 0 radical (unpaired) electrons. The van der Waals surface area contributed by atoms with Crippen molar-refractivity contribution < 1.29 is 19.9 Å². The molecule has 0 aromatic heterocycles. The first kappa shape index (κ1) is 15.2. The predicted molar refractivity (Wildman–Crippen MR) is 46.9 cm³/mol. The van der Waals surface area contributed by atoms with Crippen molar-refractivity contribution in [1.82, 2.24) is 0 Å². The first-order chi connectivity index (χ1) is 6.58. The zero-order valence-corrected chi connectivity index (χ0v) is 7.99. The summed E-state index contributed by atoms with van der Waals surface area (Å²) < 4.78 is 0. The first-order valence-electron chi connectivity index (χ1n) is 3.80. The Hall–Kier alpha value is -1.28. The fraction of sp³-hybridized carbons (Fsp3) is 1.00. The molecule has 0 aromatic rings. The summed E-state index contributed by atoms with van der Waals surface area (Å²) in [6.45, 7) is 2.85. The molecule has 0 rings (SSSR count). The van der Waals surface area contributed by atoms with Crippen LogP contribution in [0.5, 0.6) is 0 Å². The smallest absolute Gasteiger partial charge is 0.155 e. The van der Waals surface area contributed by atoms with E-state index in [4.69, 9.17) is 15.1 Å². The molecule has 0 spiro atoms. The van der Waals surface area contributed by atoms with E-state index in [2.05, 4.69) is 20.4 Å². The standard InChI is InChI=1S/2C3H7NO3/c1-3(5)2-7-4-6;1-3(2-5)7-4-6/h2*3,5H,2H2,1H3. The third-order valence-corrected chi connectivity index (χ3v) is 0.849. The average molecular weight is 210 g/mol. The maximum Gasteiger partial charge on any atom is 0.155 e. The van der Waals surface area contributed by atoms with Gasteiger partial charge in [0.2, 0.25) is 0 Å². The van der Waals surface area contributed by atoms with Crippen LogP contribution in [0.2, 0.25) is 0 Å². The lowest BCUT2D eigenvalue weighted by molar-refractivity contribution is 0.0261. The quantitative estimate of drug-likeness (QED) is 0.475. The van der Waals surface area contributed by atoms with Gasteiger partial charge in [-0.2, -0.15) is 0 Å². The zero-order chi connectivity index (χ0) is 11.4. The van der Waals surface area contributed by atoms with E-state index in [1.54, 1.807) is 6.92 Å². The average Bonchev–Trinajstić information content (AvgIpc) is 2.16. The van der Waals surface area contributed by atoms with Crippen LogP contribution >= 0.6 is 0 Å². The van der Waals surface area contributed by atoms with Crippen molar-refractivity contribution >= 4 is 0 Å². The van der Waals surface area contributed by atoms with E-state index in [0.717, 1.165) is 0 Å². The van der Waals surface area contributed by atoms with Crippen molar-refractivity contribution in [2.24, 2.45) is 10.7 Å². The van der Waals surface area contributed by atoms with E-state index >= 15 is 0 Å². The van der Waals surface area contributed by atoms with Crippen molar-refractivity contribution in [2.45, 2.75) is 26.1 Å². The van der Waals surface area contributed by atoms with Gasteiger partial charge in [-0.05, 0) is 13.8 Å². The van der Waals surface area contributed by atoms with Crippen LogP contribution < -0.4 is 0 Å². The van der Waals surface area contributed by atoms with Gasteiger partial charge in [-0.3, -0.25) is 0 Å². The molecule has 84 valence electrons. The highest BCUT2D eigenvalue weighted by Crippen LogP contribution is 1.85. The molecule has 0 aliphatic rings. The molecule has 2 unspecified atom stereocenters. The number of rotatable bonds is 6. The Bertz CT molecular complexity index is 142. The summed E-state index contributed by atoms with van der Waals surface area (Å²) in [5.74, 6) is 0. The van der Waals surface area contributed by atoms with E-state index in [9.17, 15) is 4.91 Å². The molecule has 0 saturated heterocycles. The van der Waals surface area contributed by atoms with Crippen LogP contribution in [0.25, 0.3) is 0 Å². The number of aliphatic hydroxyl groups excluding tert-OH is 2. The van der Waals surface area contributed by atoms with Gasteiger partial charge < -0.3 is 19.9 Å². The Labute approximate surface area is 80.7 Å². The summed E-state index contributed by atoms with van der Waals surface area (Å²) in [7, 11) is 0. The van der Waals surface area contributed by atoms with E-state index < -0.39 is 12.2 Å². The highest BCUT2D eigenvalue weighted by molar-refractivity contribution is 4.39. The molecule has 0 amide bonds. The Morgan fingerprint density at radius 2 is 1.86 bits per heavy atom. The second kappa shape index (κ2) is 11.7. The molecule has 8 heteroatoms. The van der Waals surface area contributed by atoms with Gasteiger partial charge in [-0.1, -0.05) is 0 Å². The van der Waals surface area contributed by atoms with Crippen molar-refractivity contribution in [3.63, 3.8) is 0 Å². The van der Waals surface area contributed by atoms with Gasteiger partial charge in [0.05, 0.1) is 12.7 Å². The van der Waals surface area contributed by atoms with Crippen LogP contribution in [0.15, 0.2) is 10.7 Å². The minimum Gasteiger partial charge on any atom is -0.392 e. The highest BCUT2D eigenvalue weighted by atomic mass is 16.7. The van der Waals surface area contributed by atoms with Crippen LogP contribution in [0, 0.1) is 9.81 Å². The third-order valence-electron chi connectivity index (χ3n) is 0.849. The largest absolute Gasteiger partial charge is 0.392 e. The maximum atomic E-state index is 9.19. The van der Waals surface area contributed by atoms with Gasteiger partial charge in [-0.25, -0.2) is 0 Å². The predicted octanol–water partition coefficient (Wildman–Crippen LogP) is 0.130. The summed E-state index contributed by atoms with van der Waals surface area (Å²) in [6.07, 6.45) is -1.09. The third kappa shape index (κ3) is 17.0. The lowest BCUT2D eigenvalue weighted by atomic mass is 10.5. The summed E-state index contributed by atoms with van der Waals surface area (Å²) in [4.78, 5) is 26.2. The summed E-state index contributed by atoms with van der Waals surface area (Å²) in [5.41, 5.74) is 0. The van der Waals surface area contributed by atoms with Crippen molar-refractivity contribution in [3.05, 3.63) is 9.81 Å². The number of aliphatic hydroxyl groups is 2. The molecule has 0 fully saturated rings. The summed E-state index contributed by atoms with van der Waals surface area (Å²) >= 11 is 0. The second-order valence-electron chi connectivity index (χ2n) is 2.39. The normalized spacial score (nSPS) is 12.9. The molecular formula is C6H14N2O6. The molecule has 14 heavy (non-hydrogen) atoms. The molecule has 2 N–H and O–H groups in total. The van der Waals surface area contributed by atoms with E-state index in [0.29, 0.717) is 0 Å². The SMILES string of the molecule is CC(CO)ON=O.CC(O)CON=O. The molecule has 0 saturated carbocycles. The van der Waals surface area contributed by atoms with Crippen LogP contribution in [0.3, 0.4) is 0 Å². The van der Waals surface area contributed by atoms with Crippen LogP contribution in [-0.2, 0) is 9.68 Å². The molecule has 0 aliphatic carbocycles. The van der Waals surface area contributed by atoms with Gasteiger partial charge in [0, 0.05) is 0 Å². The van der Waals surface area contributed by atoms with Gasteiger partial charge in [-0.15, -0.1) is 9.81 Å². The minimum absolute atomic E-state index is 0.0243. The monoisotopic (exact) mass is 210 g/mol. The number of hydrogen-bond acceptors (Lipinski definition) is 8. The van der Waals surface area contributed by atoms with Crippen molar-refractivity contribution in [3.8, 4) is 0 Å². The van der Waals surface area contributed by atoms with Crippen LogP contribution in [-0.4, -0.2) is 35.6 Å². The minimum atomic E-state index is -0.613. The topological polar surface area (TPSA) is 118 Å². The lowest BCUT2D eigenvalue weighted by Gasteiger charge is -1.98. The Morgan fingerprint density at radius 3 is 2.00 bits per heavy atom. The second-order valence-corrected chi connectivity index (χ2v) is 2.39. The van der Waals surface area contributed by atoms with Crippen LogP contribution in [0.4, 0.5) is 0 Å². The lowest BCUT2D eigenvalue weighted by Crippen LogP contribution is -2.08. The zero-order valence-electron chi connectivity index (χ0n) is 7.99. The fourth-order valence-corrected chi connectivity index (χ4v) is 0.245. The Morgan fingerprint density at radius 1 is 1.29 bits per heavy atom. The molecule has 0 heterocycles. The highest BCUT2D eigenvalue weighted by Gasteiger charge is 1.95. The van der Waals surface area contributed by atoms with E-state index in [1.165, 1.54) is 6.92 Å². The van der Waals surface area contributed by atoms with E-state index in [1.807, 2.05) is 0 Å². The van der Waals surface area contributed by atoms with Gasteiger partial charge in [0.1, 0.15) is 6.61 Å². The van der Waals surface area contributed by atoms with Gasteiger partial charge in [0.15, 0.2) is 16.8 Å². The summed E-state index contributed by atoms with van der Waals surface area (Å²) in [5, 5.41) is 20.7. The van der Waals surface area contributed by atoms with Crippen molar-refractivity contribution in [1.29, 1.82) is 0 Å². The van der Waals surface area contributed by atoms with Crippen LogP contribution in [0.1, 0.15) is 13.8 Å². The number of hydrogen-bond donors (Lipinski definition) is 2. The van der Waals surface area contributed by atoms with E-state index in [-0.39, 0.29) is 13.2 Å². The first-order valence-corrected chi connectivity index (χ1v) is 3.80. The number of nitrogens with zero attached hydrogens (tertiary/aromatic N) is 2. The molecule has 2 atom stereocenters. The maximum absolute atomic E-state index is 9.19. The van der Waals surface area contributed by atoms with Crippen molar-refractivity contribution in [2.75, 3.05) is 13.2 Å². The molecule has 0 aromatic carbocycles. The molecular weight excluding hydrogens is 196 g/mol. The fourth-order valence-electron chi connectivity index (χ4n) is 0.245. The molecule has 8 nitrogen and oxygen atoms in total. The molecule has 0 bridgehead atoms. The Kier molecular flexibility index (Phi) is 12.7.